The van der Waals surface area contributed by atoms with Crippen molar-refractivity contribution in [2.75, 3.05) is 18.0 Å². The fourth-order valence-corrected chi connectivity index (χ4v) is 4.70. The lowest BCUT2D eigenvalue weighted by Crippen LogP contribution is -2.38. The molecule has 5 heteroatoms. The molecule has 25 heavy (non-hydrogen) atoms. The number of anilines is 1. The quantitative estimate of drug-likeness (QED) is 0.858. The van der Waals surface area contributed by atoms with Crippen molar-refractivity contribution in [3.63, 3.8) is 0 Å². The molecule has 2 saturated heterocycles. The maximum Gasteiger partial charge on any atom is 0.225 e. The molecule has 130 valence electrons. The SMILES string of the molecule is Fc1ccccc1CN1[C@@H]2CC[C@@H]1c1cnc(N3CCCC3)nc1C2. The summed E-state index contributed by atoms with van der Waals surface area (Å²) in [5, 5.41) is 0. The highest BCUT2D eigenvalue weighted by Crippen LogP contribution is 2.44. The van der Waals surface area contributed by atoms with Gasteiger partial charge in [-0.05, 0) is 31.7 Å². The lowest BCUT2D eigenvalue weighted by molar-refractivity contribution is 0.164. The van der Waals surface area contributed by atoms with Gasteiger partial charge in [0.1, 0.15) is 5.82 Å². The molecule has 0 spiro atoms. The summed E-state index contributed by atoms with van der Waals surface area (Å²) in [5.41, 5.74) is 3.26. The van der Waals surface area contributed by atoms with Crippen LogP contribution >= 0.6 is 0 Å². The van der Waals surface area contributed by atoms with Gasteiger partial charge >= 0.3 is 0 Å². The summed E-state index contributed by atoms with van der Waals surface area (Å²) in [5.74, 6) is 0.798. The monoisotopic (exact) mass is 338 g/mol. The van der Waals surface area contributed by atoms with E-state index in [9.17, 15) is 4.39 Å². The van der Waals surface area contributed by atoms with Crippen LogP contribution < -0.4 is 4.90 Å². The number of aromatic nitrogens is 2. The van der Waals surface area contributed by atoms with E-state index in [2.05, 4.69) is 14.8 Å². The van der Waals surface area contributed by atoms with Gasteiger partial charge in [-0.25, -0.2) is 14.4 Å². The van der Waals surface area contributed by atoms with Crippen molar-refractivity contribution in [3.05, 3.63) is 53.1 Å². The fraction of sp³-hybridized carbons (Fsp3) is 0.500. The van der Waals surface area contributed by atoms with Gasteiger partial charge in [-0.15, -0.1) is 0 Å². The van der Waals surface area contributed by atoms with Crippen LogP contribution in [-0.2, 0) is 13.0 Å². The van der Waals surface area contributed by atoms with Crippen molar-refractivity contribution in [1.29, 1.82) is 0 Å². The van der Waals surface area contributed by atoms with E-state index in [1.54, 1.807) is 12.1 Å². The summed E-state index contributed by atoms with van der Waals surface area (Å²) in [6, 6.07) is 7.94. The van der Waals surface area contributed by atoms with Gasteiger partial charge in [0.05, 0.1) is 5.69 Å². The van der Waals surface area contributed by atoms with Crippen LogP contribution in [-0.4, -0.2) is 34.0 Å². The Morgan fingerprint density at radius 2 is 1.96 bits per heavy atom. The second kappa shape index (κ2) is 6.06. The van der Waals surface area contributed by atoms with Crippen LogP contribution in [0.5, 0.6) is 0 Å². The van der Waals surface area contributed by atoms with Gasteiger partial charge < -0.3 is 4.90 Å². The van der Waals surface area contributed by atoms with Gasteiger partial charge in [0.2, 0.25) is 5.95 Å². The summed E-state index contributed by atoms with van der Waals surface area (Å²) in [6.45, 7) is 2.82. The molecular weight excluding hydrogens is 315 g/mol. The molecule has 0 saturated carbocycles. The molecule has 4 heterocycles. The third-order valence-corrected chi connectivity index (χ3v) is 6.02. The number of hydrogen-bond donors (Lipinski definition) is 0. The van der Waals surface area contributed by atoms with Crippen LogP contribution in [0.1, 0.15) is 48.5 Å². The molecule has 0 aliphatic carbocycles. The first-order valence-corrected chi connectivity index (χ1v) is 9.39. The largest absolute Gasteiger partial charge is 0.341 e. The molecule has 2 fully saturated rings. The highest BCUT2D eigenvalue weighted by atomic mass is 19.1. The predicted octanol–water partition coefficient (Wildman–Crippen LogP) is 3.48. The van der Waals surface area contributed by atoms with Gasteiger partial charge in [-0.3, -0.25) is 4.90 Å². The average molecular weight is 338 g/mol. The Labute approximate surface area is 147 Å². The molecular formula is C20H23FN4. The minimum atomic E-state index is -0.103. The lowest BCUT2D eigenvalue weighted by atomic mass is 9.98. The Bertz CT molecular complexity index is 787. The smallest absolute Gasteiger partial charge is 0.225 e. The standard InChI is InChI=1S/C20H23FN4/c21-17-6-2-1-5-14(17)13-25-15-7-8-19(25)16-12-22-20(23-18(16)11-15)24-9-3-4-10-24/h1-2,5-6,12,15,19H,3-4,7-11,13H2/t15-,19-/m1/s1. The molecule has 0 radical (unpaired) electrons. The summed E-state index contributed by atoms with van der Waals surface area (Å²) in [6.07, 6.45) is 7.76. The zero-order valence-electron chi connectivity index (χ0n) is 14.4. The number of nitrogens with zero attached hydrogens (tertiary/aromatic N) is 4. The Kier molecular flexibility index (Phi) is 3.70. The average Bonchev–Trinajstić information content (AvgIpc) is 3.25. The van der Waals surface area contributed by atoms with Gasteiger partial charge in [0.25, 0.3) is 0 Å². The van der Waals surface area contributed by atoms with E-state index in [-0.39, 0.29) is 5.82 Å². The lowest BCUT2D eigenvalue weighted by Gasteiger charge is -2.36. The molecule has 0 unspecified atom stereocenters. The Morgan fingerprint density at radius 1 is 1.12 bits per heavy atom. The molecule has 1 aromatic carbocycles. The Hall–Kier alpha value is -2.01. The zero-order chi connectivity index (χ0) is 16.8. The van der Waals surface area contributed by atoms with Crippen molar-refractivity contribution in [3.8, 4) is 0 Å². The summed E-state index contributed by atoms with van der Waals surface area (Å²) in [7, 11) is 0. The summed E-state index contributed by atoms with van der Waals surface area (Å²) < 4.78 is 14.1. The maximum atomic E-state index is 14.1. The number of halogens is 1. The zero-order valence-corrected chi connectivity index (χ0v) is 14.4. The molecule has 2 bridgehead atoms. The Balaban J connectivity index is 1.43. The third-order valence-electron chi connectivity index (χ3n) is 6.02. The van der Waals surface area contributed by atoms with Crippen LogP contribution in [0.2, 0.25) is 0 Å². The third kappa shape index (κ3) is 2.61. The van der Waals surface area contributed by atoms with Crippen molar-refractivity contribution < 1.29 is 4.39 Å². The molecule has 2 aromatic rings. The number of fused-ring (bicyclic) bond motifs is 4. The van der Waals surface area contributed by atoms with Crippen LogP contribution in [0.25, 0.3) is 0 Å². The molecule has 5 rings (SSSR count). The van der Waals surface area contributed by atoms with E-state index in [4.69, 9.17) is 4.98 Å². The van der Waals surface area contributed by atoms with Crippen LogP contribution in [0.15, 0.2) is 30.5 Å². The topological polar surface area (TPSA) is 32.3 Å². The summed E-state index contributed by atoms with van der Waals surface area (Å²) in [4.78, 5) is 14.3. The fourth-order valence-electron chi connectivity index (χ4n) is 4.70. The van der Waals surface area contributed by atoms with E-state index >= 15 is 0 Å². The van der Waals surface area contributed by atoms with Crippen LogP contribution in [0.4, 0.5) is 10.3 Å². The highest BCUT2D eigenvalue weighted by Gasteiger charge is 2.41. The normalized spacial score (nSPS) is 25.4. The van der Waals surface area contributed by atoms with Crippen molar-refractivity contribution in [2.45, 2.75) is 50.7 Å². The number of benzene rings is 1. The molecule has 3 aliphatic heterocycles. The van der Waals surface area contributed by atoms with E-state index in [0.717, 1.165) is 43.9 Å². The van der Waals surface area contributed by atoms with E-state index in [0.29, 0.717) is 18.6 Å². The number of hydrogen-bond acceptors (Lipinski definition) is 4. The van der Waals surface area contributed by atoms with E-state index in [1.807, 2.05) is 18.3 Å². The number of rotatable bonds is 3. The molecule has 1 aromatic heterocycles. The first-order valence-electron chi connectivity index (χ1n) is 9.39. The molecule has 0 N–H and O–H groups in total. The van der Waals surface area contributed by atoms with Gasteiger partial charge in [0, 0.05) is 55.5 Å². The van der Waals surface area contributed by atoms with Crippen molar-refractivity contribution in [1.82, 2.24) is 14.9 Å². The predicted molar refractivity (Wildman–Crippen MR) is 94.9 cm³/mol. The Morgan fingerprint density at radius 3 is 2.80 bits per heavy atom. The summed E-state index contributed by atoms with van der Waals surface area (Å²) >= 11 is 0. The first-order chi connectivity index (χ1) is 12.3. The molecule has 0 amide bonds. The van der Waals surface area contributed by atoms with Crippen molar-refractivity contribution >= 4 is 5.95 Å². The van der Waals surface area contributed by atoms with Gasteiger partial charge in [-0.2, -0.15) is 0 Å². The minimum absolute atomic E-state index is 0.103. The van der Waals surface area contributed by atoms with Crippen molar-refractivity contribution in [2.24, 2.45) is 0 Å². The first kappa shape index (κ1) is 15.3. The van der Waals surface area contributed by atoms with E-state index < -0.39 is 0 Å². The van der Waals surface area contributed by atoms with Gasteiger partial charge in [-0.1, -0.05) is 18.2 Å². The second-order valence-corrected chi connectivity index (χ2v) is 7.48. The minimum Gasteiger partial charge on any atom is -0.341 e. The van der Waals surface area contributed by atoms with Gasteiger partial charge in [0.15, 0.2) is 0 Å². The highest BCUT2D eigenvalue weighted by molar-refractivity contribution is 5.38. The second-order valence-electron chi connectivity index (χ2n) is 7.48. The molecule has 2 atom stereocenters. The van der Waals surface area contributed by atoms with E-state index in [1.165, 1.54) is 24.1 Å². The van der Waals surface area contributed by atoms with Crippen LogP contribution in [0, 0.1) is 5.82 Å². The van der Waals surface area contributed by atoms with Crippen LogP contribution in [0.3, 0.4) is 0 Å². The molecule has 4 nitrogen and oxygen atoms in total. The molecule has 3 aliphatic rings. The maximum absolute atomic E-state index is 14.1.